The molecule has 0 bridgehead atoms. The van der Waals surface area contributed by atoms with Gasteiger partial charge < -0.3 is 10.6 Å². The third-order valence-electron chi connectivity index (χ3n) is 3.52. The molecule has 12 heteroatoms. The van der Waals surface area contributed by atoms with Crippen LogP contribution >= 0.6 is 0 Å². The van der Waals surface area contributed by atoms with E-state index in [1.54, 1.807) is 14.1 Å². The van der Waals surface area contributed by atoms with E-state index in [9.17, 15) is 16.8 Å². The molecule has 0 unspecified atom stereocenters. The number of nitrogens with zero attached hydrogens (tertiary/aromatic N) is 3. The Bertz CT molecular complexity index is 533. The summed E-state index contributed by atoms with van der Waals surface area (Å²) in [5, 5.41) is 6.39. The third-order valence-corrected chi connectivity index (χ3v) is 7.25. The summed E-state index contributed by atoms with van der Waals surface area (Å²) >= 11 is 0. The standard InChI is InChI=1S/C6H15N3O2S.C5H11N.C2H7ClNO2S/c1-8(2)12(10,11)9-5-3-7-4-6-9;1-2-4-6-5-3-1;1-4(2)7(3,5)6/h7H,3-6H2,1-2H3;6H,1-5H2;3H,1-2H3/q;;+1. The highest BCUT2D eigenvalue weighted by atomic mass is 35.7. The number of nitrogens with one attached hydrogen (secondary N) is 2. The quantitative estimate of drug-likeness (QED) is 0.538. The molecule has 2 aliphatic heterocycles. The predicted molar refractivity (Wildman–Crippen MR) is 97.8 cm³/mol. The van der Waals surface area contributed by atoms with E-state index in [0.717, 1.165) is 17.4 Å². The van der Waals surface area contributed by atoms with Gasteiger partial charge in [0, 0.05) is 54.4 Å². The lowest BCUT2D eigenvalue weighted by molar-refractivity contribution is -0.174. The van der Waals surface area contributed by atoms with Gasteiger partial charge in [-0.25, -0.2) is 0 Å². The van der Waals surface area contributed by atoms with Gasteiger partial charge in [0.2, 0.25) is 0 Å². The van der Waals surface area contributed by atoms with Gasteiger partial charge in [0.05, 0.1) is 0 Å². The van der Waals surface area contributed by atoms with E-state index in [-0.39, 0.29) is 0 Å². The van der Waals surface area contributed by atoms with E-state index in [4.69, 9.17) is 0 Å². The van der Waals surface area contributed by atoms with Crippen LogP contribution < -0.4 is 10.6 Å². The molecule has 0 saturated carbocycles. The number of piperidine rings is 1. The molecule has 0 aromatic rings. The van der Waals surface area contributed by atoms with Crippen molar-refractivity contribution >= 4 is 19.4 Å². The summed E-state index contributed by atoms with van der Waals surface area (Å²) in [7, 11) is 3.40. The van der Waals surface area contributed by atoms with E-state index in [1.165, 1.54) is 55.1 Å². The van der Waals surface area contributed by atoms with E-state index in [2.05, 4.69) is 21.3 Å². The highest BCUT2D eigenvalue weighted by molar-refractivity contribution is 7.86. The maximum Gasteiger partial charge on any atom is 0.454 e. The predicted octanol–water partition coefficient (Wildman–Crippen LogP) is -1.47. The molecule has 0 aromatic heterocycles. The fraction of sp³-hybridized carbons (Fsp3) is 1.00. The molecule has 25 heavy (non-hydrogen) atoms. The zero-order valence-electron chi connectivity index (χ0n) is 15.6. The molecule has 0 aliphatic carbocycles. The van der Waals surface area contributed by atoms with Crippen molar-refractivity contribution in [1.29, 1.82) is 0 Å². The maximum absolute atomic E-state index is 11.5. The fourth-order valence-corrected chi connectivity index (χ4v) is 3.01. The van der Waals surface area contributed by atoms with Crippen LogP contribution in [0.4, 0.5) is 0 Å². The van der Waals surface area contributed by atoms with Crippen LogP contribution in [0.15, 0.2) is 0 Å². The van der Waals surface area contributed by atoms with Gasteiger partial charge in [-0.1, -0.05) is 6.42 Å². The molecule has 2 fully saturated rings. The van der Waals surface area contributed by atoms with E-state index >= 15 is 0 Å². The van der Waals surface area contributed by atoms with Crippen LogP contribution in [0.3, 0.4) is 0 Å². The lowest BCUT2D eigenvalue weighted by atomic mass is 10.2. The molecule has 0 amide bonds. The SMILES string of the molecule is C1CCNCC1.CN(C)S(=O)(=O)N1CCNCC1.CN(C)S(=O)(=O)[ClH+]. The van der Waals surface area contributed by atoms with Gasteiger partial charge >= 0.3 is 9.24 Å². The van der Waals surface area contributed by atoms with Crippen LogP contribution in [0.2, 0.25) is 0 Å². The summed E-state index contributed by atoms with van der Waals surface area (Å²) in [5.74, 6) is 0. The first-order chi connectivity index (χ1) is 11.5. The Morgan fingerprint density at radius 2 is 1.16 bits per heavy atom. The first kappa shape index (κ1) is 25.0. The van der Waals surface area contributed by atoms with Crippen molar-refractivity contribution in [1.82, 2.24) is 23.5 Å². The van der Waals surface area contributed by atoms with Crippen molar-refractivity contribution in [3.63, 3.8) is 0 Å². The zero-order chi connectivity index (χ0) is 19.5. The van der Waals surface area contributed by atoms with Crippen molar-refractivity contribution in [3.8, 4) is 0 Å². The molecule has 9 nitrogen and oxygen atoms in total. The molecule has 2 aliphatic rings. The molecule has 0 spiro atoms. The Balaban J connectivity index is 0.000000377. The Kier molecular flexibility index (Phi) is 12.4. The fourth-order valence-electron chi connectivity index (χ4n) is 1.91. The van der Waals surface area contributed by atoms with Crippen LogP contribution in [0.25, 0.3) is 0 Å². The van der Waals surface area contributed by atoms with E-state index < -0.39 is 19.4 Å². The first-order valence-electron chi connectivity index (χ1n) is 8.22. The highest BCUT2D eigenvalue weighted by Gasteiger charge is 2.25. The van der Waals surface area contributed by atoms with Crippen LogP contribution in [0.1, 0.15) is 19.3 Å². The molecular formula is C13H33ClN5O4S2+. The van der Waals surface area contributed by atoms with Gasteiger partial charge in [0.15, 0.2) is 0 Å². The van der Waals surface area contributed by atoms with Gasteiger partial charge in [0.25, 0.3) is 20.9 Å². The lowest BCUT2D eigenvalue weighted by Gasteiger charge is -2.28. The molecule has 152 valence electrons. The summed E-state index contributed by atoms with van der Waals surface area (Å²) in [6.45, 7) is 5.13. The van der Waals surface area contributed by atoms with E-state index in [1.807, 2.05) is 0 Å². The Morgan fingerprint density at radius 1 is 0.760 bits per heavy atom. The van der Waals surface area contributed by atoms with Gasteiger partial charge in [-0.05, 0) is 25.9 Å². The maximum atomic E-state index is 11.5. The van der Waals surface area contributed by atoms with Crippen LogP contribution in [-0.4, -0.2) is 97.2 Å². The second-order valence-corrected chi connectivity index (χ2v) is 11.0. The Hall–Kier alpha value is -0.0100. The number of rotatable bonds is 3. The lowest BCUT2D eigenvalue weighted by Crippen LogP contribution is -2.50. The number of piperazine rings is 1. The summed E-state index contributed by atoms with van der Waals surface area (Å²) in [6.07, 6.45) is 4.22. The average Bonchev–Trinajstić information content (AvgIpc) is 2.57. The average molecular weight is 423 g/mol. The molecule has 2 rings (SSSR count). The molecule has 2 heterocycles. The minimum absolute atomic E-state index is 0.570. The zero-order valence-corrected chi connectivity index (χ0v) is 18.0. The van der Waals surface area contributed by atoms with Gasteiger partial charge in [0.1, 0.15) is 0 Å². The number of hydrogen-bond acceptors (Lipinski definition) is 6. The van der Waals surface area contributed by atoms with Gasteiger partial charge in [-0.15, -0.1) is 0 Å². The van der Waals surface area contributed by atoms with Crippen LogP contribution in [0.5, 0.6) is 0 Å². The van der Waals surface area contributed by atoms with Crippen molar-refractivity contribution in [2.75, 3.05) is 67.5 Å². The smallest absolute Gasteiger partial charge is 0.317 e. The largest absolute Gasteiger partial charge is 0.454 e. The van der Waals surface area contributed by atoms with Gasteiger partial charge in [-0.2, -0.15) is 29.8 Å². The summed E-state index contributed by atoms with van der Waals surface area (Å²) in [4.78, 5) is 0. The van der Waals surface area contributed by atoms with Crippen molar-refractivity contribution in [2.24, 2.45) is 0 Å². The monoisotopic (exact) mass is 422 g/mol. The summed E-state index contributed by atoms with van der Waals surface area (Å²) < 4.78 is 46.9. The topological polar surface area (TPSA) is 102 Å². The first-order valence-corrected chi connectivity index (χ1v) is 12.0. The van der Waals surface area contributed by atoms with Crippen LogP contribution in [0, 0.1) is 10.7 Å². The Labute approximate surface area is 157 Å². The van der Waals surface area contributed by atoms with Crippen molar-refractivity contribution in [3.05, 3.63) is 0 Å². The molecular weight excluding hydrogens is 390 g/mol. The second kappa shape index (κ2) is 12.4. The second-order valence-electron chi connectivity index (χ2n) is 5.99. The number of halogens is 1. The molecule has 2 saturated heterocycles. The minimum atomic E-state index is -3.32. The van der Waals surface area contributed by atoms with Crippen LogP contribution in [-0.2, 0) is 19.4 Å². The number of hydrogen-bond donors (Lipinski definition) is 2. The normalized spacial score (nSPS) is 19.6. The molecule has 0 aromatic carbocycles. The van der Waals surface area contributed by atoms with Crippen molar-refractivity contribution < 1.29 is 27.5 Å². The van der Waals surface area contributed by atoms with Crippen molar-refractivity contribution in [2.45, 2.75) is 19.3 Å². The Morgan fingerprint density at radius 3 is 1.40 bits per heavy atom. The molecule has 0 radical (unpaired) electrons. The highest BCUT2D eigenvalue weighted by Crippen LogP contribution is 2.04. The minimum Gasteiger partial charge on any atom is -0.317 e. The van der Waals surface area contributed by atoms with E-state index in [0.29, 0.717) is 13.1 Å². The third kappa shape index (κ3) is 11.3. The van der Waals surface area contributed by atoms with Gasteiger partial charge in [-0.3, -0.25) is 0 Å². The molecule has 2 N–H and O–H groups in total. The molecule has 0 atom stereocenters. The summed E-state index contributed by atoms with van der Waals surface area (Å²) in [5.41, 5.74) is 0. The summed E-state index contributed by atoms with van der Waals surface area (Å²) in [6, 6.07) is 0.